The van der Waals surface area contributed by atoms with Gasteiger partial charge in [0.2, 0.25) is 0 Å². The minimum atomic E-state index is -0.686. The van der Waals surface area contributed by atoms with Crippen LogP contribution in [0.5, 0.6) is 0 Å². The van der Waals surface area contributed by atoms with Gasteiger partial charge in [0.05, 0.1) is 0 Å². The SMILES string of the molecule is COC1(C(=O)N2CCC(C(=O)c3ccc(CC(C)C)cc3)CC2)CCNCC1. The molecule has 2 heterocycles. The molecular weight excluding hydrogens is 352 g/mol. The van der Waals surface area contributed by atoms with Crippen molar-refractivity contribution in [3.05, 3.63) is 35.4 Å². The molecule has 5 heteroatoms. The van der Waals surface area contributed by atoms with E-state index in [4.69, 9.17) is 4.74 Å². The fourth-order valence-electron chi connectivity index (χ4n) is 4.48. The number of hydrogen-bond acceptors (Lipinski definition) is 4. The highest BCUT2D eigenvalue weighted by atomic mass is 16.5. The van der Waals surface area contributed by atoms with Gasteiger partial charge >= 0.3 is 0 Å². The van der Waals surface area contributed by atoms with Crippen LogP contribution in [0, 0.1) is 11.8 Å². The fourth-order valence-corrected chi connectivity index (χ4v) is 4.48. The lowest BCUT2D eigenvalue weighted by Gasteiger charge is -2.41. The van der Waals surface area contributed by atoms with Gasteiger partial charge in [0, 0.05) is 31.7 Å². The number of carbonyl (C=O) groups excluding carboxylic acids is 2. The van der Waals surface area contributed by atoms with Crippen LogP contribution in [0.15, 0.2) is 24.3 Å². The van der Waals surface area contributed by atoms with E-state index in [0.717, 1.165) is 37.9 Å². The fraction of sp³-hybridized carbons (Fsp3) is 0.652. The van der Waals surface area contributed by atoms with Crippen molar-refractivity contribution in [2.24, 2.45) is 11.8 Å². The number of ketones is 1. The molecule has 0 spiro atoms. The van der Waals surface area contributed by atoms with Crippen LogP contribution in [0.3, 0.4) is 0 Å². The van der Waals surface area contributed by atoms with Crippen molar-refractivity contribution in [1.29, 1.82) is 0 Å². The van der Waals surface area contributed by atoms with Crippen LogP contribution in [-0.2, 0) is 16.0 Å². The third kappa shape index (κ3) is 4.64. The highest BCUT2D eigenvalue weighted by Crippen LogP contribution is 2.29. The number of piperidine rings is 2. The van der Waals surface area contributed by atoms with E-state index in [-0.39, 0.29) is 17.6 Å². The maximum absolute atomic E-state index is 13.1. The molecule has 1 N–H and O–H groups in total. The van der Waals surface area contributed by atoms with Gasteiger partial charge in [-0.3, -0.25) is 9.59 Å². The molecule has 28 heavy (non-hydrogen) atoms. The summed E-state index contributed by atoms with van der Waals surface area (Å²) in [5, 5.41) is 3.29. The summed E-state index contributed by atoms with van der Waals surface area (Å²) in [6.45, 7) is 7.29. The Morgan fingerprint density at radius 1 is 1.14 bits per heavy atom. The van der Waals surface area contributed by atoms with Gasteiger partial charge in [-0.15, -0.1) is 0 Å². The second-order valence-electron chi connectivity index (χ2n) is 8.67. The lowest BCUT2D eigenvalue weighted by molar-refractivity contribution is -0.159. The highest BCUT2D eigenvalue weighted by molar-refractivity contribution is 5.98. The Balaban J connectivity index is 1.57. The molecular formula is C23H34N2O3. The van der Waals surface area contributed by atoms with Crippen molar-refractivity contribution in [2.45, 2.75) is 51.6 Å². The monoisotopic (exact) mass is 386 g/mol. The van der Waals surface area contributed by atoms with E-state index in [2.05, 4.69) is 31.3 Å². The summed E-state index contributed by atoms with van der Waals surface area (Å²) < 4.78 is 5.68. The number of amides is 1. The Kier molecular flexibility index (Phi) is 6.89. The summed E-state index contributed by atoms with van der Waals surface area (Å²) in [6.07, 6.45) is 3.92. The molecule has 0 saturated carbocycles. The topological polar surface area (TPSA) is 58.6 Å². The molecule has 0 aliphatic carbocycles. The zero-order chi connectivity index (χ0) is 20.1. The zero-order valence-corrected chi connectivity index (χ0v) is 17.5. The molecule has 0 aromatic heterocycles. The van der Waals surface area contributed by atoms with Crippen LogP contribution in [0.2, 0.25) is 0 Å². The van der Waals surface area contributed by atoms with E-state index in [1.807, 2.05) is 17.0 Å². The zero-order valence-electron chi connectivity index (χ0n) is 17.5. The number of nitrogens with one attached hydrogen (secondary N) is 1. The largest absolute Gasteiger partial charge is 0.368 e. The van der Waals surface area contributed by atoms with Crippen LogP contribution in [0.4, 0.5) is 0 Å². The molecule has 1 aromatic rings. The van der Waals surface area contributed by atoms with Gasteiger partial charge in [-0.1, -0.05) is 38.1 Å². The lowest BCUT2D eigenvalue weighted by Crippen LogP contribution is -2.56. The molecule has 3 rings (SSSR count). The third-order valence-corrected chi connectivity index (χ3v) is 6.23. The normalized spacial score (nSPS) is 20.4. The summed E-state index contributed by atoms with van der Waals surface area (Å²) in [4.78, 5) is 27.9. The molecule has 0 unspecified atom stereocenters. The summed E-state index contributed by atoms with van der Waals surface area (Å²) in [5.41, 5.74) is 1.39. The standard InChI is InChI=1S/C23H34N2O3/c1-17(2)16-18-4-6-19(7-5-18)21(26)20-8-14-25(15-9-20)22(27)23(28-3)10-12-24-13-11-23/h4-7,17,20,24H,8-16H2,1-3H3. The molecule has 2 fully saturated rings. The minimum Gasteiger partial charge on any atom is -0.368 e. The quantitative estimate of drug-likeness (QED) is 0.764. The molecule has 2 aliphatic rings. The van der Waals surface area contributed by atoms with Crippen LogP contribution in [-0.4, -0.2) is 55.5 Å². The predicted octanol–water partition coefficient (Wildman–Crippen LogP) is 3.08. The smallest absolute Gasteiger partial charge is 0.254 e. The Hall–Kier alpha value is -1.72. The van der Waals surface area contributed by atoms with Crippen molar-refractivity contribution in [3.8, 4) is 0 Å². The van der Waals surface area contributed by atoms with Crippen molar-refractivity contribution < 1.29 is 14.3 Å². The van der Waals surface area contributed by atoms with Crippen LogP contribution in [0.25, 0.3) is 0 Å². The average molecular weight is 387 g/mol. The number of carbonyl (C=O) groups is 2. The van der Waals surface area contributed by atoms with Crippen LogP contribution >= 0.6 is 0 Å². The Bertz CT molecular complexity index is 670. The van der Waals surface area contributed by atoms with Gasteiger partial charge in [-0.05, 0) is 56.7 Å². The van der Waals surface area contributed by atoms with E-state index < -0.39 is 5.60 Å². The van der Waals surface area contributed by atoms with E-state index in [9.17, 15) is 9.59 Å². The van der Waals surface area contributed by atoms with E-state index >= 15 is 0 Å². The van der Waals surface area contributed by atoms with E-state index in [1.165, 1.54) is 5.56 Å². The van der Waals surface area contributed by atoms with Crippen molar-refractivity contribution in [3.63, 3.8) is 0 Å². The molecule has 1 aromatic carbocycles. The van der Waals surface area contributed by atoms with Gasteiger partial charge in [0.25, 0.3) is 5.91 Å². The first kappa shape index (κ1) is 21.0. The first-order chi connectivity index (χ1) is 13.4. The maximum Gasteiger partial charge on any atom is 0.254 e. The molecule has 0 atom stereocenters. The van der Waals surface area contributed by atoms with Gasteiger partial charge < -0.3 is 15.0 Å². The maximum atomic E-state index is 13.1. The molecule has 5 nitrogen and oxygen atoms in total. The molecule has 1 amide bonds. The number of hydrogen-bond donors (Lipinski definition) is 1. The molecule has 0 bridgehead atoms. The number of nitrogens with zero attached hydrogens (tertiary/aromatic N) is 1. The molecule has 2 saturated heterocycles. The van der Waals surface area contributed by atoms with Crippen molar-refractivity contribution in [1.82, 2.24) is 10.2 Å². The number of methoxy groups -OCH3 is 1. The molecule has 0 radical (unpaired) electrons. The first-order valence-electron chi connectivity index (χ1n) is 10.6. The van der Waals surface area contributed by atoms with Gasteiger partial charge in [0.15, 0.2) is 5.78 Å². The Labute approximate surface area is 168 Å². The van der Waals surface area contributed by atoms with E-state index in [0.29, 0.717) is 31.8 Å². The predicted molar refractivity (Wildman–Crippen MR) is 110 cm³/mol. The first-order valence-corrected chi connectivity index (χ1v) is 10.6. The average Bonchev–Trinajstić information content (AvgIpc) is 2.73. The van der Waals surface area contributed by atoms with Crippen molar-refractivity contribution in [2.75, 3.05) is 33.3 Å². The molecule has 2 aliphatic heterocycles. The number of Topliss-reactive ketones (excluding diaryl/α,β-unsaturated/α-hetero) is 1. The van der Waals surface area contributed by atoms with Crippen LogP contribution in [0.1, 0.15) is 55.5 Å². The van der Waals surface area contributed by atoms with Crippen LogP contribution < -0.4 is 5.32 Å². The highest BCUT2D eigenvalue weighted by Gasteiger charge is 2.43. The summed E-state index contributed by atoms with van der Waals surface area (Å²) in [5.74, 6) is 0.928. The Morgan fingerprint density at radius 2 is 1.75 bits per heavy atom. The minimum absolute atomic E-state index is 0.00603. The molecule has 154 valence electrons. The van der Waals surface area contributed by atoms with Crippen molar-refractivity contribution >= 4 is 11.7 Å². The third-order valence-electron chi connectivity index (χ3n) is 6.23. The lowest BCUT2D eigenvalue weighted by atomic mass is 9.86. The second kappa shape index (κ2) is 9.19. The summed E-state index contributed by atoms with van der Waals surface area (Å²) in [6, 6.07) is 8.08. The van der Waals surface area contributed by atoms with Gasteiger partial charge in [-0.2, -0.15) is 0 Å². The number of ether oxygens (including phenoxy) is 1. The van der Waals surface area contributed by atoms with Gasteiger partial charge in [0.1, 0.15) is 5.60 Å². The second-order valence-corrected chi connectivity index (χ2v) is 8.67. The summed E-state index contributed by atoms with van der Waals surface area (Å²) in [7, 11) is 1.64. The Morgan fingerprint density at radius 3 is 2.29 bits per heavy atom. The number of likely N-dealkylation sites (tertiary alicyclic amines) is 1. The summed E-state index contributed by atoms with van der Waals surface area (Å²) >= 11 is 0. The van der Waals surface area contributed by atoms with E-state index in [1.54, 1.807) is 7.11 Å². The number of rotatable bonds is 6. The number of benzene rings is 1. The van der Waals surface area contributed by atoms with Gasteiger partial charge in [-0.25, -0.2) is 0 Å².